The number of guanidine groups is 1. The summed E-state index contributed by atoms with van der Waals surface area (Å²) in [4.78, 5) is 20.3. The zero-order valence-corrected chi connectivity index (χ0v) is 16.5. The zero-order valence-electron chi connectivity index (χ0n) is 16.5. The van der Waals surface area contributed by atoms with Crippen molar-refractivity contribution < 1.29 is 9.53 Å². The first-order chi connectivity index (χ1) is 12.5. The second-order valence-corrected chi connectivity index (χ2v) is 7.01. The van der Waals surface area contributed by atoms with Gasteiger partial charge in [0, 0.05) is 46.4 Å². The molecule has 1 amide bonds. The first-order valence-corrected chi connectivity index (χ1v) is 9.39. The van der Waals surface area contributed by atoms with Gasteiger partial charge in [-0.05, 0) is 43.4 Å². The summed E-state index contributed by atoms with van der Waals surface area (Å²) in [5.41, 5.74) is 1.77. The minimum Gasteiger partial charge on any atom is -0.379 e. The Labute approximate surface area is 157 Å². The number of hydrogen-bond donors (Lipinski definition) is 1. The van der Waals surface area contributed by atoms with Crippen LogP contribution in [-0.2, 0) is 11.3 Å². The highest BCUT2D eigenvalue weighted by Gasteiger charge is 2.21. The largest absolute Gasteiger partial charge is 0.379 e. The molecule has 26 heavy (non-hydrogen) atoms. The number of amides is 1. The Kier molecular flexibility index (Phi) is 7.91. The van der Waals surface area contributed by atoms with Crippen molar-refractivity contribution in [1.82, 2.24) is 15.1 Å². The molecule has 0 heterocycles. The van der Waals surface area contributed by atoms with Crippen molar-refractivity contribution in [2.45, 2.75) is 26.3 Å². The van der Waals surface area contributed by atoms with Crippen LogP contribution in [-0.4, -0.2) is 69.1 Å². The number of carbonyl (C=O) groups is 1. The van der Waals surface area contributed by atoms with Gasteiger partial charge in [-0.15, -0.1) is 0 Å². The normalized spacial score (nSPS) is 14.2. The van der Waals surface area contributed by atoms with Crippen molar-refractivity contribution in [3.05, 3.63) is 35.4 Å². The van der Waals surface area contributed by atoms with Gasteiger partial charge in [-0.1, -0.05) is 12.1 Å². The minimum absolute atomic E-state index is 0.0133. The molecule has 0 unspecified atom stereocenters. The summed E-state index contributed by atoms with van der Waals surface area (Å²) in [7, 11) is 5.54. The van der Waals surface area contributed by atoms with Gasteiger partial charge in [-0.3, -0.25) is 4.79 Å². The van der Waals surface area contributed by atoms with E-state index in [4.69, 9.17) is 9.73 Å². The number of ether oxygens (including phenoxy) is 1. The van der Waals surface area contributed by atoms with Crippen LogP contribution in [0.15, 0.2) is 29.3 Å². The van der Waals surface area contributed by atoms with Gasteiger partial charge in [0.05, 0.1) is 13.2 Å². The monoisotopic (exact) mass is 360 g/mol. The van der Waals surface area contributed by atoms with Crippen molar-refractivity contribution in [2.75, 3.05) is 47.4 Å². The molecule has 1 N–H and O–H groups in total. The third kappa shape index (κ3) is 6.67. The van der Waals surface area contributed by atoms with Gasteiger partial charge in [0.15, 0.2) is 5.96 Å². The van der Waals surface area contributed by atoms with E-state index in [1.54, 1.807) is 19.0 Å². The van der Waals surface area contributed by atoms with E-state index in [9.17, 15) is 4.79 Å². The molecular formula is C20H32N4O2. The van der Waals surface area contributed by atoms with Crippen LogP contribution in [0.4, 0.5) is 0 Å². The molecule has 1 aromatic carbocycles. The Hall–Kier alpha value is -2.08. The molecule has 1 aliphatic rings. The molecule has 0 radical (unpaired) electrons. The number of hydrogen-bond acceptors (Lipinski definition) is 3. The molecule has 0 spiro atoms. The van der Waals surface area contributed by atoms with E-state index in [0.717, 1.165) is 43.7 Å². The van der Waals surface area contributed by atoms with Crippen molar-refractivity contribution in [3.63, 3.8) is 0 Å². The topological polar surface area (TPSA) is 57.2 Å². The molecule has 1 aromatic rings. The lowest BCUT2D eigenvalue weighted by Crippen LogP contribution is -2.40. The second kappa shape index (κ2) is 10.2. The molecule has 6 heteroatoms. The van der Waals surface area contributed by atoms with Gasteiger partial charge in [0.2, 0.25) is 0 Å². The summed E-state index contributed by atoms with van der Waals surface area (Å²) in [6, 6.07) is 7.64. The molecule has 0 atom stereocenters. The van der Waals surface area contributed by atoms with Crippen LogP contribution in [0.1, 0.15) is 35.7 Å². The van der Waals surface area contributed by atoms with Gasteiger partial charge < -0.3 is 19.9 Å². The summed E-state index contributed by atoms with van der Waals surface area (Å²) < 4.78 is 5.71. The third-order valence-corrected chi connectivity index (χ3v) is 4.34. The lowest BCUT2D eigenvalue weighted by atomic mass is 10.1. The van der Waals surface area contributed by atoms with Gasteiger partial charge in [0.1, 0.15) is 0 Å². The highest BCUT2D eigenvalue weighted by molar-refractivity contribution is 5.93. The summed E-state index contributed by atoms with van der Waals surface area (Å²) in [6.07, 6.45) is 2.64. The Bertz CT molecular complexity index is 594. The van der Waals surface area contributed by atoms with Crippen LogP contribution in [0.5, 0.6) is 0 Å². The van der Waals surface area contributed by atoms with E-state index in [1.807, 2.05) is 31.3 Å². The van der Waals surface area contributed by atoms with Crippen molar-refractivity contribution in [3.8, 4) is 0 Å². The second-order valence-electron chi connectivity index (χ2n) is 7.01. The average molecular weight is 361 g/mol. The smallest absolute Gasteiger partial charge is 0.253 e. The Morgan fingerprint density at radius 2 is 1.92 bits per heavy atom. The van der Waals surface area contributed by atoms with E-state index in [2.05, 4.69) is 17.1 Å². The van der Waals surface area contributed by atoms with Crippen molar-refractivity contribution in [2.24, 2.45) is 10.9 Å². The molecule has 6 nitrogen and oxygen atoms in total. The van der Waals surface area contributed by atoms with Gasteiger partial charge in [-0.25, -0.2) is 4.99 Å². The van der Waals surface area contributed by atoms with Crippen LogP contribution >= 0.6 is 0 Å². The molecule has 1 aliphatic carbocycles. The van der Waals surface area contributed by atoms with E-state index >= 15 is 0 Å². The maximum atomic E-state index is 11.9. The van der Waals surface area contributed by atoms with Gasteiger partial charge in [-0.2, -0.15) is 0 Å². The third-order valence-electron chi connectivity index (χ3n) is 4.34. The summed E-state index contributed by atoms with van der Waals surface area (Å²) in [6.45, 7) is 5.89. The molecule has 0 saturated heterocycles. The summed E-state index contributed by atoms with van der Waals surface area (Å²) in [5, 5.41) is 3.32. The van der Waals surface area contributed by atoms with Gasteiger partial charge >= 0.3 is 0 Å². The Morgan fingerprint density at radius 3 is 2.50 bits per heavy atom. The first-order valence-electron chi connectivity index (χ1n) is 9.39. The number of nitrogens with one attached hydrogen (secondary N) is 1. The predicted octanol–water partition coefficient (Wildman–Crippen LogP) is 2.21. The van der Waals surface area contributed by atoms with Crippen LogP contribution in [0.2, 0.25) is 0 Å². The minimum atomic E-state index is 0.0133. The van der Waals surface area contributed by atoms with Crippen LogP contribution in [0.25, 0.3) is 0 Å². The van der Waals surface area contributed by atoms with E-state index < -0.39 is 0 Å². The fourth-order valence-electron chi connectivity index (χ4n) is 2.49. The number of likely N-dealkylation sites (N-methyl/N-ethyl adjacent to an activating group) is 1. The van der Waals surface area contributed by atoms with E-state index in [-0.39, 0.29) is 5.91 Å². The van der Waals surface area contributed by atoms with E-state index in [1.165, 1.54) is 12.8 Å². The lowest BCUT2D eigenvalue weighted by molar-refractivity contribution is 0.0827. The van der Waals surface area contributed by atoms with Crippen molar-refractivity contribution >= 4 is 11.9 Å². The van der Waals surface area contributed by atoms with E-state index in [0.29, 0.717) is 12.1 Å². The molecule has 0 aromatic heterocycles. The molecule has 2 rings (SSSR count). The fourth-order valence-corrected chi connectivity index (χ4v) is 2.49. The number of carbonyl (C=O) groups excluding carboxylic acids is 1. The predicted molar refractivity (Wildman–Crippen MR) is 105 cm³/mol. The van der Waals surface area contributed by atoms with Crippen LogP contribution < -0.4 is 5.32 Å². The molecule has 1 saturated carbocycles. The highest BCUT2D eigenvalue weighted by Crippen LogP contribution is 2.28. The quantitative estimate of drug-likeness (QED) is 0.417. The Balaban J connectivity index is 1.86. The highest BCUT2D eigenvalue weighted by atomic mass is 16.5. The first kappa shape index (κ1) is 20.2. The number of aliphatic imine (C=N–C) groups is 1. The number of nitrogens with zero attached hydrogens (tertiary/aromatic N) is 3. The standard InChI is InChI=1S/C20H32N4O2/c1-5-21-20(24(4)12-13-26-15-17-6-7-17)22-14-16-8-10-18(11-9-16)19(25)23(2)3/h8-11,17H,5-7,12-15H2,1-4H3,(H,21,22). The molecule has 144 valence electrons. The maximum absolute atomic E-state index is 11.9. The Morgan fingerprint density at radius 1 is 1.23 bits per heavy atom. The number of rotatable bonds is 9. The molecular weight excluding hydrogens is 328 g/mol. The maximum Gasteiger partial charge on any atom is 0.253 e. The summed E-state index contributed by atoms with van der Waals surface area (Å²) >= 11 is 0. The lowest BCUT2D eigenvalue weighted by Gasteiger charge is -2.22. The van der Waals surface area contributed by atoms with Crippen LogP contribution in [0.3, 0.4) is 0 Å². The zero-order chi connectivity index (χ0) is 18.9. The fraction of sp³-hybridized carbons (Fsp3) is 0.600. The van der Waals surface area contributed by atoms with Crippen molar-refractivity contribution in [1.29, 1.82) is 0 Å². The van der Waals surface area contributed by atoms with Crippen LogP contribution in [0, 0.1) is 5.92 Å². The molecule has 0 aliphatic heterocycles. The number of benzene rings is 1. The molecule has 0 bridgehead atoms. The SMILES string of the molecule is CCNC(=NCc1ccc(C(=O)N(C)C)cc1)N(C)CCOCC1CC1. The molecule has 1 fully saturated rings. The average Bonchev–Trinajstić information content (AvgIpc) is 3.46. The van der Waals surface area contributed by atoms with Gasteiger partial charge in [0.25, 0.3) is 5.91 Å². The summed E-state index contributed by atoms with van der Waals surface area (Å²) in [5.74, 6) is 1.68.